The van der Waals surface area contributed by atoms with Gasteiger partial charge in [-0.25, -0.2) is 0 Å². The van der Waals surface area contributed by atoms with Crippen molar-refractivity contribution < 1.29 is 9.84 Å². The first-order chi connectivity index (χ1) is 7.76. The highest BCUT2D eigenvalue weighted by atomic mass is 16.5. The zero-order chi connectivity index (χ0) is 11.5. The Labute approximate surface area is 96.6 Å². The number of rotatable bonds is 3. The molecule has 1 unspecified atom stereocenters. The molecule has 0 fully saturated rings. The zero-order valence-electron chi connectivity index (χ0n) is 9.94. The van der Waals surface area contributed by atoms with Gasteiger partial charge in [0, 0.05) is 19.2 Å². The van der Waals surface area contributed by atoms with Gasteiger partial charge in [0.05, 0.1) is 7.11 Å². The molecule has 1 heterocycles. The van der Waals surface area contributed by atoms with E-state index in [2.05, 4.69) is 24.1 Å². The molecular formula is C13H19NO2. The van der Waals surface area contributed by atoms with Crippen molar-refractivity contribution in [3.8, 4) is 5.75 Å². The number of benzene rings is 1. The Morgan fingerprint density at radius 3 is 3.00 bits per heavy atom. The Hall–Kier alpha value is -1.06. The van der Waals surface area contributed by atoms with Gasteiger partial charge in [0.1, 0.15) is 5.75 Å². The Kier molecular flexibility index (Phi) is 3.46. The molecule has 0 bridgehead atoms. The van der Waals surface area contributed by atoms with Crippen molar-refractivity contribution in [3.05, 3.63) is 29.3 Å². The van der Waals surface area contributed by atoms with Crippen LogP contribution in [-0.2, 0) is 6.42 Å². The molecule has 1 atom stereocenters. The highest BCUT2D eigenvalue weighted by Gasteiger charge is 2.24. The molecule has 0 radical (unpaired) electrons. The molecule has 0 saturated carbocycles. The molecule has 16 heavy (non-hydrogen) atoms. The maximum absolute atomic E-state index is 9.13. The predicted octanol–water partition coefficient (Wildman–Crippen LogP) is 1.61. The van der Waals surface area contributed by atoms with Crippen LogP contribution in [0, 0.1) is 0 Å². The van der Waals surface area contributed by atoms with Gasteiger partial charge < -0.3 is 9.84 Å². The van der Waals surface area contributed by atoms with Crippen LogP contribution < -0.4 is 4.74 Å². The number of methoxy groups -OCH3 is 1. The second kappa shape index (κ2) is 4.85. The van der Waals surface area contributed by atoms with E-state index in [1.807, 2.05) is 6.07 Å². The lowest BCUT2D eigenvalue weighted by atomic mass is 9.91. The maximum Gasteiger partial charge on any atom is 0.119 e. The van der Waals surface area contributed by atoms with E-state index in [0.29, 0.717) is 6.04 Å². The van der Waals surface area contributed by atoms with Crippen LogP contribution >= 0.6 is 0 Å². The summed E-state index contributed by atoms with van der Waals surface area (Å²) in [4.78, 5) is 2.30. The minimum atomic E-state index is 0.228. The summed E-state index contributed by atoms with van der Waals surface area (Å²) in [5.74, 6) is 0.900. The van der Waals surface area contributed by atoms with Crippen LogP contribution in [0.25, 0.3) is 0 Å². The number of hydrogen-bond acceptors (Lipinski definition) is 3. The molecule has 2 rings (SSSR count). The van der Waals surface area contributed by atoms with E-state index in [1.165, 1.54) is 11.1 Å². The van der Waals surface area contributed by atoms with Crippen molar-refractivity contribution >= 4 is 0 Å². The second-order valence-corrected chi connectivity index (χ2v) is 4.32. The molecule has 1 aromatic carbocycles. The number of ether oxygens (including phenoxy) is 1. The normalized spacial score (nSPS) is 20.6. The fraction of sp³-hybridized carbons (Fsp3) is 0.538. The summed E-state index contributed by atoms with van der Waals surface area (Å²) >= 11 is 0. The smallest absolute Gasteiger partial charge is 0.119 e. The molecule has 1 aromatic rings. The number of nitrogens with zero attached hydrogens (tertiary/aromatic N) is 1. The molecule has 0 aliphatic carbocycles. The quantitative estimate of drug-likeness (QED) is 0.841. The van der Waals surface area contributed by atoms with Crippen LogP contribution in [0.2, 0.25) is 0 Å². The molecule has 1 aliphatic heterocycles. The van der Waals surface area contributed by atoms with Gasteiger partial charge >= 0.3 is 0 Å². The number of likely N-dealkylation sites (N-methyl/N-ethyl adjacent to an activating group) is 1. The number of aliphatic hydroxyl groups excluding tert-OH is 1. The Morgan fingerprint density at radius 1 is 1.50 bits per heavy atom. The topological polar surface area (TPSA) is 32.7 Å². The number of hydrogen-bond donors (Lipinski definition) is 1. The summed E-state index contributed by atoms with van der Waals surface area (Å²) < 4.78 is 5.26. The molecule has 0 saturated heterocycles. The molecule has 1 aliphatic rings. The molecule has 1 N–H and O–H groups in total. The third kappa shape index (κ3) is 2.06. The first-order valence-corrected chi connectivity index (χ1v) is 5.74. The SMILES string of the molecule is COc1ccc2c(c1)C(CCO)N(C)CC2. The van der Waals surface area contributed by atoms with Gasteiger partial charge in [-0.1, -0.05) is 6.07 Å². The Morgan fingerprint density at radius 2 is 2.31 bits per heavy atom. The van der Waals surface area contributed by atoms with Crippen LogP contribution in [0.5, 0.6) is 5.75 Å². The van der Waals surface area contributed by atoms with Crippen molar-refractivity contribution in [2.45, 2.75) is 18.9 Å². The fourth-order valence-electron chi connectivity index (χ4n) is 2.43. The van der Waals surface area contributed by atoms with Crippen molar-refractivity contribution in [3.63, 3.8) is 0 Å². The van der Waals surface area contributed by atoms with Crippen LogP contribution in [0.15, 0.2) is 18.2 Å². The predicted molar refractivity (Wildman–Crippen MR) is 63.8 cm³/mol. The van der Waals surface area contributed by atoms with Crippen molar-refractivity contribution in [1.29, 1.82) is 0 Å². The lowest BCUT2D eigenvalue weighted by molar-refractivity contribution is 0.176. The maximum atomic E-state index is 9.13. The number of aliphatic hydroxyl groups is 1. The van der Waals surface area contributed by atoms with Gasteiger partial charge in [-0.3, -0.25) is 4.90 Å². The third-order valence-electron chi connectivity index (χ3n) is 3.38. The van der Waals surface area contributed by atoms with Gasteiger partial charge in [-0.15, -0.1) is 0 Å². The van der Waals surface area contributed by atoms with Gasteiger partial charge in [0.15, 0.2) is 0 Å². The van der Waals surface area contributed by atoms with E-state index in [0.717, 1.165) is 25.1 Å². The van der Waals surface area contributed by atoms with Gasteiger partial charge in [0.2, 0.25) is 0 Å². The molecule has 0 amide bonds. The van der Waals surface area contributed by atoms with E-state index in [-0.39, 0.29) is 6.61 Å². The fourth-order valence-corrected chi connectivity index (χ4v) is 2.43. The Balaban J connectivity index is 2.35. The summed E-state index contributed by atoms with van der Waals surface area (Å²) in [6, 6.07) is 6.58. The first-order valence-electron chi connectivity index (χ1n) is 5.74. The summed E-state index contributed by atoms with van der Waals surface area (Å²) in [5.41, 5.74) is 2.69. The van der Waals surface area contributed by atoms with E-state index >= 15 is 0 Å². The molecule has 3 heteroatoms. The van der Waals surface area contributed by atoms with Crippen LogP contribution in [0.1, 0.15) is 23.6 Å². The average Bonchev–Trinajstić information content (AvgIpc) is 2.32. The average molecular weight is 221 g/mol. The highest BCUT2D eigenvalue weighted by Crippen LogP contribution is 2.33. The molecular weight excluding hydrogens is 202 g/mol. The van der Waals surface area contributed by atoms with E-state index in [9.17, 15) is 0 Å². The molecule has 88 valence electrons. The van der Waals surface area contributed by atoms with Crippen LogP contribution in [0.3, 0.4) is 0 Å². The Bertz CT molecular complexity index is 365. The summed E-state index contributed by atoms with van der Waals surface area (Å²) in [5, 5.41) is 9.13. The summed E-state index contributed by atoms with van der Waals surface area (Å²) in [7, 11) is 3.80. The van der Waals surface area contributed by atoms with E-state index in [4.69, 9.17) is 9.84 Å². The van der Waals surface area contributed by atoms with E-state index in [1.54, 1.807) is 7.11 Å². The largest absolute Gasteiger partial charge is 0.497 e. The van der Waals surface area contributed by atoms with E-state index < -0.39 is 0 Å². The number of fused-ring (bicyclic) bond motifs is 1. The zero-order valence-corrected chi connectivity index (χ0v) is 9.94. The molecule has 0 aromatic heterocycles. The van der Waals surface area contributed by atoms with Gasteiger partial charge in [0.25, 0.3) is 0 Å². The first kappa shape index (κ1) is 11.4. The van der Waals surface area contributed by atoms with Gasteiger partial charge in [-0.05, 0) is 43.1 Å². The van der Waals surface area contributed by atoms with Crippen LogP contribution in [-0.4, -0.2) is 37.3 Å². The lowest BCUT2D eigenvalue weighted by Crippen LogP contribution is -2.32. The third-order valence-corrected chi connectivity index (χ3v) is 3.38. The molecule has 0 spiro atoms. The second-order valence-electron chi connectivity index (χ2n) is 4.32. The minimum Gasteiger partial charge on any atom is -0.497 e. The van der Waals surface area contributed by atoms with Gasteiger partial charge in [-0.2, -0.15) is 0 Å². The van der Waals surface area contributed by atoms with Crippen molar-refractivity contribution in [2.75, 3.05) is 27.3 Å². The standard InChI is InChI=1S/C13H19NO2/c1-14-7-5-10-3-4-11(16-2)9-12(10)13(14)6-8-15/h3-4,9,13,15H,5-8H2,1-2H3. The summed E-state index contributed by atoms with van der Waals surface area (Å²) in [6.07, 6.45) is 1.87. The monoisotopic (exact) mass is 221 g/mol. The summed E-state index contributed by atoms with van der Waals surface area (Å²) in [6.45, 7) is 1.29. The highest BCUT2D eigenvalue weighted by molar-refractivity contribution is 5.39. The van der Waals surface area contributed by atoms with Crippen molar-refractivity contribution in [2.24, 2.45) is 0 Å². The minimum absolute atomic E-state index is 0.228. The molecule has 3 nitrogen and oxygen atoms in total. The van der Waals surface area contributed by atoms with Crippen molar-refractivity contribution in [1.82, 2.24) is 4.90 Å². The van der Waals surface area contributed by atoms with Crippen LogP contribution in [0.4, 0.5) is 0 Å². The lowest BCUT2D eigenvalue weighted by Gasteiger charge is -2.34.